The Labute approximate surface area is 109 Å². The molecule has 0 bridgehead atoms. The molecule has 2 heterocycles. The molecule has 1 atom stereocenters. The highest BCUT2D eigenvalue weighted by molar-refractivity contribution is 5.75. The quantitative estimate of drug-likeness (QED) is 0.482. The second-order valence-electron chi connectivity index (χ2n) is 4.25. The first kappa shape index (κ1) is 13.8. The lowest BCUT2D eigenvalue weighted by molar-refractivity contribution is 0.0507. The fraction of sp³-hybridized carbons (Fsp3) is 0.545. The summed E-state index contributed by atoms with van der Waals surface area (Å²) < 4.78 is 0. The van der Waals surface area contributed by atoms with Gasteiger partial charge in [-0.1, -0.05) is 0 Å². The van der Waals surface area contributed by atoms with Gasteiger partial charge in [-0.05, 0) is 0 Å². The molecule has 0 aliphatic carbocycles. The average Bonchev–Trinajstić information content (AvgIpc) is 2.82. The number of hydrogen-bond donors (Lipinski definition) is 4. The van der Waals surface area contributed by atoms with Gasteiger partial charge in [0.15, 0.2) is 0 Å². The molecule has 4 N–H and O–H groups in total. The Bertz CT molecular complexity index is 518. The number of rotatable bonds is 7. The highest BCUT2D eigenvalue weighted by atomic mass is 16.3. The first-order valence-electron chi connectivity index (χ1n) is 5.99. The summed E-state index contributed by atoms with van der Waals surface area (Å²) in [6.45, 7) is 0.767. The van der Waals surface area contributed by atoms with Gasteiger partial charge in [-0.25, -0.2) is 9.97 Å². The highest BCUT2D eigenvalue weighted by Gasteiger charge is 2.14. The molecule has 2 aromatic rings. The van der Waals surface area contributed by atoms with E-state index in [1.165, 1.54) is 6.33 Å². The van der Waals surface area contributed by atoms with Crippen molar-refractivity contribution in [3.05, 3.63) is 18.2 Å². The van der Waals surface area contributed by atoms with Crippen LogP contribution in [0.4, 0.5) is 0 Å². The van der Waals surface area contributed by atoms with Gasteiger partial charge >= 0.3 is 0 Å². The normalized spacial score (nSPS) is 13.3. The van der Waals surface area contributed by atoms with Crippen molar-refractivity contribution in [2.24, 2.45) is 0 Å². The minimum absolute atomic E-state index is 0.0286. The molecule has 104 valence electrons. The predicted octanol–water partition coefficient (Wildman–Crippen LogP) is -1.50. The van der Waals surface area contributed by atoms with Gasteiger partial charge in [-0.2, -0.15) is 5.10 Å². The van der Waals surface area contributed by atoms with Crippen LogP contribution in [0.25, 0.3) is 11.0 Å². The smallest absolute Gasteiger partial charge is 0.129 e. The van der Waals surface area contributed by atoms with Gasteiger partial charge in [-0.3, -0.25) is 10.00 Å². The van der Waals surface area contributed by atoms with E-state index >= 15 is 0 Å². The zero-order valence-electron chi connectivity index (χ0n) is 10.4. The summed E-state index contributed by atoms with van der Waals surface area (Å²) in [4.78, 5) is 9.85. The van der Waals surface area contributed by atoms with Gasteiger partial charge in [0.25, 0.3) is 0 Å². The van der Waals surface area contributed by atoms with E-state index < -0.39 is 6.10 Å². The van der Waals surface area contributed by atoms with Gasteiger partial charge in [0, 0.05) is 19.6 Å². The maximum absolute atomic E-state index is 9.47. The number of nitrogens with one attached hydrogen (secondary N) is 1. The number of aromatic amines is 1. The molecule has 8 nitrogen and oxygen atoms in total. The monoisotopic (exact) mass is 267 g/mol. The minimum Gasteiger partial charge on any atom is -0.395 e. The Hall–Kier alpha value is -1.61. The molecule has 0 spiro atoms. The van der Waals surface area contributed by atoms with Crippen molar-refractivity contribution in [2.45, 2.75) is 12.6 Å². The van der Waals surface area contributed by atoms with Crippen molar-refractivity contribution in [1.82, 2.24) is 25.1 Å². The van der Waals surface area contributed by atoms with Crippen LogP contribution in [0.15, 0.2) is 12.5 Å². The largest absolute Gasteiger partial charge is 0.395 e. The summed E-state index contributed by atoms with van der Waals surface area (Å²) in [6, 6.07) is 0. The lowest BCUT2D eigenvalue weighted by Gasteiger charge is -2.22. The zero-order chi connectivity index (χ0) is 13.7. The number of aliphatic hydroxyl groups is 3. The molecule has 19 heavy (non-hydrogen) atoms. The number of hydrogen-bond acceptors (Lipinski definition) is 7. The molecule has 2 aromatic heterocycles. The molecule has 0 saturated carbocycles. The zero-order valence-corrected chi connectivity index (χ0v) is 10.4. The van der Waals surface area contributed by atoms with Gasteiger partial charge in [0.2, 0.25) is 0 Å². The summed E-state index contributed by atoms with van der Waals surface area (Å²) in [7, 11) is 0. The molecular weight excluding hydrogens is 250 g/mol. The third kappa shape index (κ3) is 3.44. The van der Waals surface area contributed by atoms with Crippen molar-refractivity contribution in [3.63, 3.8) is 0 Å². The van der Waals surface area contributed by atoms with Crippen molar-refractivity contribution >= 4 is 11.0 Å². The first-order valence-corrected chi connectivity index (χ1v) is 5.99. The van der Waals surface area contributed by atoms with Crippen LogP contribution in [0.1, 0.15) is 5.69 Å². The molecule has 0 aromatic carbocycles. The van der Waals surface area contributed by atoms with Crippen molar-refractivity contribution in [3.8, 4) is 0 Å². The standard InChI is InChI=1S/C11H17N5O3/c17-2-1-16(4-8(19)6-18)5-10-11-9(14-15-10)3-12-7-13-11/h3,7-8,17-19H,1-2,4-6H2,(H,14,15)/t8-/m1/s1. The lowest BCUT2D eigenvalue weighted by atomic mass is 10.3. The number of nitrogens with zero attached hydrogens (tertiary/aromatic N) is 4. The Morgan fingerprint density at radius 1 is 1.37 bits per heavy atom. The molecule has 0 radical (unpaired) electrons. The number of H-pyrrole nitrogens is 1. The van der Waals surface area contributed by atoms with E-state index in [0.29, 0.717) is 18.6 Å². The fourth-order valence-electron chi connectivity index (χ4n) is 1.88. The van der Waals surface area contributed by atoms with Gasteiger partial charge < -0.3 is 15.3 Å². The molecule has 0 saturated heterocycles. The van der Waals surface area contributed by atoms with E-state index in [0.717, 1.165) is 11.2 Å². The fourth-order valence-corrected chi connectivity index (χ4v) is 1.88. The molecular formula is C11H17N5O3. The van der Waals surface area contributed by atoms with Crippen molar-refractivity contribution in [2.75, 3.05) is 26.3 Å². The van der Waals surface area contributed by atoms with Crippen molar-refractivity contribution < 1.29 is 15.3 Å². The summed E-state index contributed by atoms with van der Waals surface area (Å²) in [5.41, 5.74) is 2.18. The number of aromatic nitrogens is 4. The van der Waals surface area contributed by atoms with E-state index in [9.17, 15) is 5.11 Å². The summed E-state index contributed by atoms with van der Waals surface area (Å²) in [5.74, 6) is 0. The van der Waals surface area contributed by atoms with Crippen LogP contribution in [0.5, 0.6) is 0 Å². The van der Waals surface area contributed by atoms with Crippen LogP contribution < -0.4 is 0 Å². The molecule has 0 amide bonds. The lowest BCUT2D eigenvalue weighted by Crippen LogP contribution is -2.36. The van der Waals surface area contributed by atoms with Crippen LogP contribution >= 0.6 is 0 Å². The van der Waals surface area contributed by atoms with E-state index in [-0.39, 0.29) is 19.8 Å². The molecule has 0 aliphatic rings. The second-order valence-corrected chi connectivity index (χ2v) is 4.25. The van der Waals surface area contributed by atoms with Gasteiger partial charge in [0.1, 0.15) is 17.4 Å². The SMILES string of the molecule is OCCN(Cc1[nH]nc2cncnc12)C[C@@H](O)CO. The molecule has 0 aliphatic heterocycles. The Morgan fingerprint density at radius 2 is 2.21 bits per heavy atom. The highest BCUT2D eigenvalue weighted by Crippen LogP contribution is 2.13. The van der Waals surface area contributed by atoms with E-state index in [2.05, 4.69) is 20.2 Å². The van der Waals surface area contributed by atoms with Crippen LogP contribution in [-0.2, 0) is 6.54 Å². The maximum atomic E-state index is 9.47. The third-order valence-corrected chi connectivity index (χ3v) is 2.77. The molecule has 8 heteroatoms. The van der Waals surface area contributed by atoms with E-state index in [1.54, 1.807) is 6.20 Å². The number of aliphatic hydroxyl groups excluding tert-OH is 3. The Balaban J connectivity index is 2.11. The molecule has 2 rings (SSSR count). The van der Waals surface area contributed by atoms with E-state index in [4.69, 9.17) is 10.2 Å². The first-order chi connectivity index (χ1) is 9.24. The number of fused-ring (bicyclic) bond motifs is 1. The van der Waals surface area contributed by atoms with Crippen LogP contribution in [-0.4, -0.2) is 72.8 Å². The third-order valence-electron chi connectivity index (χ3n) is 2.77. The summed E-state index contributed by atoms with van der Waals surface area (Å²) in [6.07, 6.45) is 2.22. The van der Waals surface area contributed by atoms with Crippen LogP contribution in [0, 0.1) is 0 Å². The Kier molecular flexibility index (Phi) is 4.74. The topological polar surface area (TPSA) is 118 Å². The second kappa shape index (κ2) is 6.53. The predicted molar refractivity (Wildman–Crippen MR) is 67.1 cm³/mol. The van der Waals surface area contributed by atoms with Crippen LogP contribution in [0.3, 0.4) is 0 Å². The van der Waals surface area contributed by atoms with Gasteiger partial charge in [0.05, 0.1) is 31.2 Å². The molecule has 0 fully saturated rings. The molecule has 0 unspecified atom stereocenters. The average molecular weight is 267 g/mol. The minimum atomic E-state index is -0.838. The van der Waals surface area contributed by atoms with E-state index in [1.807, 2.05) is 4.90 Å². The Morgan fingerprint density at radius 3 is 2.95 bits per heavy atom. The maximum Gasteiger partial charge on any atom is 0.129 e. The summed E-state index contributed by atoms with van der Waals surface area (Å²) in [5, 5.41) is 34.3. The van der Waals surface area contributed by atoms with Gasteiger partial charge in [-0.15, -0.1) is 0 Å². The van der Waals surface area contributed by atoms with Crippen LogP contribution in [0.2, 0.25) is 0 Å². The van der Waals surface area contributed by atoms with Crippen molar-refractivity contribution in [1.29, 1.82) is 0 Å². The summed E-state index contributed by atoms with van der Waals surface area (Å²) >= 11 is 0.